The number of benzene rings is 1. The fraction of sp³-hybridized carbons (Fsp3) is 0.571. The summed E-state index contributed by atoms with van der Waals surface area (Å²) in [6.45, 7) is 7.63. The average Bonchev–Trinajstić information content (AvgIpc) is 2.20. The summed E-state index contributed by atoms with van der Waals surface area (Å²) in [7, 11) is 1.98. The van der Waals surface area contributed by atoms with Gasteiger partial charge in [0.05, 0.1) is 0 Å². The van der Waals surface area contributed by atoms with E-state index in [0.29, 0.717) is 11.8 Å². The zero-order valence-electron chi connectivity index (χ0n) is 10.7. The van der Waals surface area contributed by atoms with Crippen LogP contribution in [0.1, 0.15) is 37.8 Å². The molecule has 0 heterocycles. The van der Waals surface area contributed by atoms with E-state index in [9.17, 15) is 0 Å². The molecule has 2 heteroatoms. The van der Waals surface area contributed by atoms with E-state index in [-0.39, 0.29) is 0 Å². The van der Waals surface area contributed by atoms with Crippen molar-refractivity contribution in [2.45, 2.75) is 33.1 Å². The van der Waals surface area contributed by atoms with Crippen LogP contribution in [0.3, 0.4) is 0 Å². The van der Waals surface area contributed by atoms with Gasteiger partial charge in [-0.1, -0.05) is 44.5 Å². The molecule has 0 aliphatic carbocycles. The monoisotopic (exact) mass is 239 g/mol. The molecule has 1 rings (SSSR count). The molecular weight excluding hydrogens is 218 g/mol. The number of nitrogens with one attached hydrogen (secondary N) is 1. The van der Waals surface area contributed by atoms with Gasteiger partial charge in [-0.05, 0) is 42.5 Å². The van der Waals surface area contributed by atoms with Crippen LogP contribution >= 0.6 is 11.6 Å². The van der Waals surface area contributed by atoms with E-state index in [1.165, 1.54) is 11.1 Å². The van der Waals surface area contributed by atoms with Gasteiger partial charge in [0, 0.05) is 11.6 Å². The molecule has 0 aromatic heterocycles. The van der Waals surface area contributed by atoms with Crippen molar-refractivity contribution in [3.63, 3.8) is 0 Å². The second-order valence-corrected chi connectivity index (χ2v) is 5.31. The molecule has 0 fully saturated rings. The normalized spacial score (nSPS) is 13.1. The third-order valence-electron chi connectivity index (χ3n) is 2.78. The van der Waals surface area contributed by atoms with Gasteiger partial charge in [-0.3, -0.25) is 0 Å². The molecule has 1 N–H and O–H groups in total. The fourth-order valence-corrected chi connectivity index (χ4v) is 2.17. The SMILES string of the molecule is CNCC(C)c1ccc(CC(C)C)c(Cl)c1. The molecular formula is C14H22ClN. The minimum Gasteiger partial charge on any atom is -0.319 e. The van der Waals surface area contributed by atoms with Crippen molar-refractivity contribution in [1.29, 1.82) is 0 Å². The molecule has 16 heavy (non-hydrogen) atoms. The van der Waals surface area contributed by atoms with Gasteiger partial charge < -0.3 is 5.32 Å². The minimum absolute atomic E-state index is 0.510. The summed E-state index contributed by atoms with van der Waals surface area (Å²) in [5, 5.41) is 4.10. The van der Waals surface area contributed by atoms with Crippen molar-refractivity contribution in [1.82, 2.24) is 5.32 Å². The minimum atomic E-state index is 0.510. The maximum atomic E-state index is 6.30. The Morgan fingerprint density at radius 1 is 1.25 bits per heavy atom. The van der Waals surface area contributed by atoms with Gasteiger partial charge >= 0.3 is 0 Å². The third-order valence-corrected chi connectivity index (χ3v) is 3.14. The van der Waals surface area contributed by atoms with Gasteiger partial charge in [0.15, 0.2) is 0 Å². The first-order valence-electron chi connectivity index (χ1n) is 5.97. The first-order valence-corrected chi connectivity index (χ1v) is 6.35. The van der Waals surface area contributed by atoms with Gasteiger partial charge in [0.2, 0.25) is 0 Å². The molecule has 0 aliphatic heterocycles. The summed E-state index contributed by atoms with van der Waals surface area (Å²) >= 11 is 6.30. The van der Waals surface area contributed by atoms with Crippen LogP contribution in [0.5, 0.6) is 0 Å². The molecule has 1 aromatic rings. The van der Waals surface area contributed by atoms with Crippen molar-refractivity contribution in [3.05, 3.63) is 34.3 Å². The molecule has 0 bridgehead atoms. The second-order valence-electron chi connectivity index (χ2n) is 4.91. The van der Waals surface area contributed by atoms with E-state index in [2.05, 4.69) is 44.3 Å². The zero-order valence-corrected chi connectivity index (χ0v) is 11.4. The van der Waals surface area contributed by atoms with Gasteiger partial charge in [0.1, 0.15) is 0 Å². The standard InChI is InChI=1S/C14H22ClN/c1-10(2)7-13-6-5-12(8-14(13)15)11(3)9-16-4/h5-6,8,10-11,16H,7,9H2,1-4H3. The molecule has 1 unspecified atom stereocenters. The Kier molecular flexibility index (Phi) is 5.30. The van der Waals surface area contributed by atoms with Crippen LogP contribution in [-0.2, 0) is 6.42 Å². The van der Waals surface area contributed by atoms with Crippen LogP contribution in [0.4, 0.5) is 0 Å². The highest BCUT2D eigenvalue weighted by molar-refractivity contribution is 6.31. The van der Waals surface area contributed by atoms with Crippen molar-refractivity contribution in [2.24, 2.45) is 5.92 Å². The Morgan fingerprint density at radius 3 is 2.44 bits per heavy atom. The molecule has 0 saturated heterocycles. The maximum absolute atomic E-state index is 6.30. The van der Waals surface area contributed by atoms with Crippen molar-refractivity contribution >= 4 is 11.6 Å². The van der Waals surface area contributed by atoms with Crippen molar-refractivity contribution in [3.8, 4) is 0 Å². The van der Waals surface area contributed by atoms with Crippen molar-refractivity contribution < 1.29 is 0 Å². The Labute approximate surface area is 104 Å². The molecule has 0 amide bonds. The highest BCUT2D eigenvalue weighted by Gasteiger charge is 2.08. The summed E-state index contributed by atoms with van der Waals surface area (Å²) in [6, 6.07) is 6.48. The van der Waals surface area contributed by atoms with Gasteiger partial charge in [0.25, 0.3) is 0 Å². The Hall–Kier alpha value is -0.530. The lowest BCUT2D eigenvalue weighted by Gasteiger charge is -2.14. The summed E-state index contributed by atoms with van der Waals surface area (Å²) in [4.78, 5) is 0. The highest BCUT2D eigenvalue weighted by Crippen LogP contribution is 2.24. The number of hydrogen-bond acceptors (Lipinski definition) is 1. The van der Waals surface area contributed by atoms with Crippen LogP contribution in [0.25, 0.3) is 0 Å². The van der Waals surface area contributed by atoms with Crippen molar-refractivity contribution in [2.75, 3.05) is 13.6 Å². The molecule has 0 spiro atoms. The quantitative estimate of drug-likeness (QED) is 0.823. The third kappa shape index (κ3) is 3.80. The Balaban J connectivity index is 2.82. The number of rotatable bonds is 5. The summed E-state index contributed by atoms with van der Waals surface area (Å²) in [5.41, 5.74) is 2.57. The summed E-state index contributed by atoms with van der Waals surface area (Å²) < 4.78 is 0. The molecule has 0 radical (unpaired) electrons. The van der Waals surface area contributed by atoms with E-state index >= 15 is 0 Å². The molecule has 0 aliphatic rings. The van der Waals surface area contributed by atoms with Gasteiger partial charge in [-0.15, -0.1) is 0 Å². The largest absolute Gasteiger partial charge is 0.319 e. The number of likely N-dealkylation sites (N-methyl/N-ethyl adjacent to an activating group) is 1. The van der Waals surface area contributed by atoms with Gasteiger partial charge in [-0.2, -0.15) is 0 Å². The lowest BCUT2D eigenvalue weighted by molar-refractivity contribution is 0.645. The van der Waals surface area contributed by atoms with Crippen LogP contribution < -0.4 is 5.32 Å². The van der Waals surface area contributed by atoms with Gasteiger partial charge in [-0.25, -0.2) is 0 Å². The first kappa shape index (κ1) is 13.5. The summed E-state index contributed by atoms with van der Waals surface area (Å²) in [6.07, 6.45) is 1.06. The van der Waals surface area contributed by atoms with Crippen LogP contribution in [0, 0.1) is 5.92 Å². The predicted molar refractivity (Wildman–Crippen MR) is 72.3 cm³/mol. The number of halogens is 1. The van der Waals surface area contributed by atoms with E-state index in [1.807, 2.05) is 7.05 Å². The summed E-state index contributed by atoms with van der Waals surface area (Å²) in [5.74, 6) is 1.16. The first-order chi connectivity index (χ1) is 7.54. The molecule has 0 saturated carbocycles. The van der Waals surface area contributed by atoms with E-state index in [0.717, 1.165) is 18.0 Å². The average molecular weight is 240 g/mol. The van der Waals surface area contributed by atoms with Crippen LogP contribution in [0.15, 0.2) is 18.2 Å². The van der Waals surface area contributed by atoms with E-state index in [4.69, 9.17) is 11.6 Å². The molecule has 90 valence electrons. The topological polar surface area (TPSA) is 12.0 Å². The second kappa shape index (κ2) is 6.27. The van der Waals surface area contributed by atoms with Crippen LogP contribution in [0.2, 0.25) is 5.02 Å². The Bertz CT molecular complexity index is 334. The lowest BCUT2D eigenvalue weighted by atomic mass is 9.96. The lowest BCUT2D eigenvalue weighted by Crippen LogP contribution is -2.14. The smallest absolute Gasteiger partial charge is 0.0440 e. The fourth-order valence-electron chi connectivity index (χ4n) is 1.90. The van der Waals surface area contributed by atoms with E-state index < -0.39 is 0 Å². The zero-order chi connectivity index (χ0) is 12.1. The predicted octanol–water partition coefficient (Wildman–Crippen LogP) is 3.86. The van der Waals surface area contributed by atoms with E-state index in [1.54, 1.807) is 0 Å². The molecule has 1 atom stereocenters. The van der Waals surface area contributed by atoms with Crippen LogP contribution in [-0.4, -0.2) is 13.6 Å². The Morgan fingerprint density at radius 2 is 1.94 bits per heavy atom. The maximum Gasteiger partial charge on any atom is 0.0440 e. The molecule has 1 nitrogen and oxygen atoms in total. The number of hydrogen-bond donors (Lipinski definition) is 1. The highest BCUT2D eigenvalue weighted by atomic mass is 35.5. The molecule has 1 aromatic carbocycles.